The third-order valence-electron chi connectivity index (χ3n) is 3.16. The molecule has 1 heterocycles. The summed E-state index contributed by atoms with van der Waals surface area (Å²) in [7, 11) is -4.05. The number of anilines is 1. The second kappa shape index (κ2) is 5.33. The molecule has 2 aromatic carbocycles. The molecule has 0 saturated carbocycles. The Morgan fingerprint density at radius 1 is 1.09 bits per heavy atom. The van der Waals surface area contributed by atoms with Crippen molar-refractivity contribution in [3.8, 4) is 5.75 Å². The van der Waals surface area contributed by atoms with Crippen LogP contribution >= 0.6 is 0 Å². The summed E-state index contributed by atoms with van der Waals surface area (Å²) in [5, 5.41) is 18.9. The number of para-hydroxylation sites is 1. The number of phenolic OH excluding ortho intramolecular Hbond substituents is 1. The van der Waals surface area contributed by atoms with E-state index in [1.807, 2.05) is 0 Å². The maximum atomic E-state index is 12.3. The van der Waals surface area contributed by atoms with Gasteiger partial charge in [0.05, 0.1) is 11.3 Å². The second-order valence-electron chi connectivity index (χ2n) is 4.75. The van der Waals surface area contributed by atoms with E-state index < -0.39 is 21.7 Å². The summed E-state index contributed by atoms with van der Waals surface area (Å²) in [6.45, 7) is 0. The van der Waals surface area contributed by atoms with E-state index in [-0.39, 0.29) is 16.3 Å². The molecule has 0 saturated heterocycles. The number of rotatable bonds is 4. The molecule has 3 aromatic rings. The lowest BCUT2D eigenvalue weighted by Crippen LogP contribution is -2.12. The molecule has 0 aliphatic rings. The van der Waals surface area contributed by atoms with Gasteiger partial charge in [0, 0.05) is 11.5 Å². The van der Waals surface area contributed by atoms with Crippen molar-refractivity contribution in [2.75, 3.05) is 4.72 Å². The number of carboxylic acid groups (broad SMARTS) is 1. The Labute approximate surface area is 130 Å². The zero-order valence-electron chi connectivity index (χ0n) is 11.6. The molecule has 0 radical (unpaired) electrons. The minimum absolute atomic E-state index is 0.143. The quantitative estimate of drug-likeness (QED) is 0.632. The number of hydrogen-bond donors (Lipinski definition) is 3. The highest BCUT2D eigenvalue weighted by atomic mass is 32.2. The van der Waals surface area contributed by atoms with Gasteiger partial charge in [0.2, 0.25) is 5.09 Å². The van der Waals surface area contributed by atoms with Gasteiger partial charge in [-0.25, -0.2) is 4.79 Å². The Hall–Kier alpha value is -3.00. The van der Waals surface area contributed by atoms with E-state index in [4.69, 9.17) is 9.52 Å². The summed E-state index contributed by atoms with van der Waals surface area (Å²) >= 11 is 0. The second-order valence-corrected chi connectivity index (χ2v) is 6.36. The number of carbonyl (C=O) groups is 1. The SMILES string of the molecule is O=C(O)c1ccc(NS(=O)(=O)c2cc3ccccc3o2)c(O)c1. The van der Waals surface area contributed by atoms with Crippen molar-refractivity contribution in [2.24, 2.45) is 0 Å². The van der Waals surface area contributed by atoms with Crippen molar-refractivity contribution in [1.29, 1.82) is 0 Å². The van der Waals surface area contributed by atoms with Crippen LogP contribution in [0, 0.1) is 0 Å². The number of carboxylic acids is 1. The lowest BCUT2D eigenvalue weighted by atomic mass is 10.2. The molecule has 0 bridgehead atoms. The molecular formula is C15H11NO6S. The largest absolute Gasteiger partial charge is 0.506 e. The number of sulfonamides is 1. The number of aromatic carboxylic acids is 1. The molecule has 0 spiro atoms. The topological polar surface area (TPSA) is 117 Å². The van der Waals surface area contributed by atoms with Crippen LogP contribution in [0.4, 0.5) is 5.69 Å². The molecule has 23 heavy (non-hydrogen) atoms. The van der Waals surface area contributed by atoms with Gasteiger partial charge in [-0.3, -0.25) is 4.72 Å². The van der Waals surface area contributed by atoms with Gasteiger partial charge in [0.1, 0.15) is 11.3 Å². The lowest BCUT2D eigenvalue weighted by molar-refractivity contribution is 0.0696. The van der Waals surface area contributed by atoms with Crippen LogP contribution in [0.1, 0.15) is 10.4 Å². The first-order chi connectivity index (χ1) is 10.9. The molecule has 0 aliphatic carbocycles. The molecule has 8 heteroatoms. The maximum absolute atomic E-state index is 12.3. The predicted molar refractivity (Wildman–Crippen MR) is 82.1 cm³/mol. The highest BCUT2D eigenvalue weighted by molar-refractivity contribution is 7.92. The van der Waals surface area contributed by atoms with Crippen LogP contribution in [0.15, 0.2) is 58.0 Å². The van der Waals surface area contributed by atoms with Gasteiger partial charge in [-0.1, -0.05) is 18.2 Å². The fraction of sp³-hybridized carbons (Fsp3) is 0. The fourth-order valence-electron chi connectivity index (χ4n) is 2.04. The molecule has 118 valence electrons. The van der Waals surface area contributed by atoms with Crippen LogP contribution in [-0.4, -0.2) is 24.6 Å². The van der Waals surface area contributed by atoms with Gasteiger partial charge in [0.25, 0.3) is 10.0 Å². The van der Waals surface area contributed by atoms with Crippen molar-refractivity contribution in [2.45, 2.75) is 5.09 Å². The molecule has 3 rings (SSSR count). The van der Waals surface area contributed by atoms with Crippen LogP contribution in [0.25, 0.3) is 11.0 Å². The first kappa shape index (κ1) is 14.9. The van der Waals surface area contributed by atoms with Crippen molar-refractivity contribution in [3.05, 3.63) is 54.1 Å². The van der Waals surface area contributed by atoms with Gasteiger partial charge in [-0.15, -0.1) is 0 Å². The Balaban J connectivity index is 1.96. The normalized spacial score (nSPS) is 11.5. The summed E-state index contributed by atoms with van der Waals surface area (Å²) in [5.74, 6) is -1.73. The number of hydrogen-bond acceptors (Lipinski definition) is 5. The van der Waals surface area contributed by atoms with Crippen LogP contribution in [0.5, 0.6) is 5.75 Å². The van der Waals surface area contributed by atoms with E-state index in [0.29, 0.717) is 11.0 Å². The fourth-order valence-corrected chi connectivity index (χ4v) is 3.08. The Kier molecular flexibility index (Phi) is 3.45. The maximum Gasteiger partial charge on any atom is 0.335 e. The van der Waals surface area contributed by atoms with Crippen molar-refractivity contribution >= 4 is 32.6 Å². The van der Waals surface area contributed by atoms with Crippen LogP contribution < -0.4 is 4.72 Å². The molecule has 0 amide bonds. The van der Waals surface area contributed by atoms with E-state index in [1.54, 1.807) is 24.3 Å². The Bertz CT molecular complexity index is 973. The van der Waals surface area contributed by atoms with Crippen molar-refractivity contribution in [3.63, 3.8) is 0 Å². The average molecular weight is 333 g/mol. The zero-order chi connectivity index (χ0) is 16.6. The van der Waals surface area contributed by atoms with E-state index in [0.717, 1.165) is 6.07 Å². The lowest BCUT2D eigenvalue weighted by Gasteiger charge is -2.08. The smallest absolute Gasteiger partial charge is 0.335 e. The van der Waals surface area contributed by atoms with E-state index in [1.165, 1.54) is 18.2 Å². The van der Waals surface area contributed by atoms with Gasteiger partial charge < -0.3 is 14.6 Å². The molecule has 1 aromatic heterocycles. The summed E-state index contributed by atoms with van der Waals surface area (Å²) in [6.07, 6.45) is 0. The Morgan fingerprint density at radius 3 is 2.48 bits per heavy atom. The molecule has 0 fully saturated rings. The average Bonchev–Trinajstić information content (AvgIpc) is 2.94. The number of furan rings is 1. The third-order valence-corrected chi connectivity index (χ3v) is 4.38. The third kappa shape index (κ3) is 2.84. The molecule has 0 aliphatic heterocycles. The van der Waals surface area contributed by atoms with Gasteiger partial charge in [0.15, 0.2) is 0 Å². The van der Waals surface area contributed by atoms with E-state index >= 15 is 0 Å². The first-order valence-electron chi connectivity index (χ1n) is 6.44. The number of phenols is 1. The Morgan fingerprint density at radius 2 is 1.83 bits per heavy atom. The number of nitrogens with one attached hydrogen (secondary N) is 1. The number of fused-ring (bicyclic) bond motifs is 1. The summed E-state index contributed by atoms with van der Waals surface area (Å²) in [6, 6.07) is 11.5. The molecule has 0 unspecified atom stereocenters. The molecular weight excluding hydrogens is 322 g/mol. The van der Waals surface area contributed by atoms with Crippen LogP contribution in [0.2, 0.25) is 0 Å². The molecule has 0 atom stereocenters. The molecule has 3 N–H and O–H groups in total. The van der Waals surface area contributed by atoms with Crippen molar-refractivity contribution < 1.29 is 27.8 Å². The predicted octanol–water partition coefficient (Wildman–Crippen LogP) is 2.64. The van der Waals surface area contributed by atoms with E-state index in [9.17, 15) is 18.3 Å². The zero-order valence-corrected chi connectivity index (χ0v) is 12.4. The standard InChI is InChI=1S/C15H11NO6S/c17-12-7-10(15(18)19)5-6-11(12)16-23(20,21)14-8-9-3-1-2-4-13(9)22-14/h1-8,16-17H,(H,18,19). The van der Waals surface area contributed by atoms with Gasteiger partial charge in [-0.05, 0) is 24.3 Å². The van der Waals surface area contributed by atoms with Crippen molar-refractivity contribution in [1.82, 2.24) is 0 Å². The summed E-state index contributed by atoms with van der Waals surface area (Å²) in [5.41, 5.74) is 0.114. The summed E-state index contributed by atoms with van der Waals surface area (Å²) < 4.78 is 32.1. The van der Waals surface area contributed by atoms with Crippen LogP contribution in [0.3, 0.4) is 0 Å². The highest BCUT2D eigenvalue weighted by Gasteiger charge is 2.21. The summed E-state index contributed by atoms with van der Waals surface area (Å²) in [4.78, 5) is 10.8. The van der Waals surface area contributed by atoms with E-state index in [2.05, 4.69) is 4.72 Å². The monoisotopic (exact) mass is 333 g/mol. The minimum atomic E-state index is -4.05. The minimum Gasteiger partial charge on any atom is -0.506 e. The highest BCUT2D eigenvalue weighted by Crippen LogP contribution is 2.29. The molecule has 7 nitrogen and oxygen atoms in total. The van der Waals surface area contributed by atoms with Gasteiger partial charge >= 0.3 is 5.97 Å². The van der Waals surface area contributed by atoms with Crippen LogP contribution in [-0.2, 0) is 10.0 Å². The first-order valence-corrected chi connectivity index (χ1v) is 7.93. The number of benzene rings is 2. The van der Waals surface area contributed by atoms with Gasteiger partial charge in [-0.2, -0.15) is 8.42 Å². The number of aromatic hydroxyl groups is 1.